The van der Waals surface area contributed by atoms with Crippen LogP contribution in [0.2, 0.25) is 0 Å². The molecule has 0 amide bonds. The van der Waals surface area contributed by atoms with Gasteiger partial charge >= 0.3 is 274 Å². The van der Waals surface area contributed by atoms with Crippen LogP contribution < -0.4 is 20.6 Å². The molecule has 0 saturated heterocycles. The molecule has 0 unspecified atom stereocenters. The minimum absolute atomic E-state index is 0.821. The Morgan fingerprint density at radius 2 is 1.18 bits per heavy atom. The molecule has 45 heavy (non-hydrogen) atoms. The first-order valence-corrected chi connectivity index (χ1v) is 20.1. The van der Waals surface area contributed by atoms with Crippen molar-refractivity contribution in [3.8, 4) is 22.5 Å². The molecule has 1 aliphatic heterocycles. The average Bonchev–Trinajstić information content (AvgIpc) is 3.13. The monoisotopic (exact) mass is 664 g/mol. The van der Waals surface area contributed by atoms with Gasteiger partial charge < -0.3 is 0 Å². The molecule has 0 spiro atoms. The molecule has 0 radical (unpaired) electrons. The van der Waals surface area contributed by atoms with Crippen molar-refractivity contribution < 1.29 is 0 Å². The van der Waals surface area contributed by atoms with Crippen molar-refractivity contribution in [1.82, 2.24) is 14.6 Å². The second kappa shape index (κ2) is 12.3. The normalized spacial score (nSPS) is 13.4. The van der Waals surface area contributed by atoms with Crippen molar-refractivity contribution in [1.29, 1.82) is 0 Å². The zero-order valence-corrected chi connectivity index (χ0v) is 27.3. The van der Waals surface area contributed by atoms with Gasteiger partial charge in [-0.3, -0.25) is 0 Å². The number of hydrogen-bond acceptors (Lipinski definition) is 2. The molecule has 0 N–H and O–H groups in total. The average molecular weight is 666 g/mol. The Hall–Kier alpha value is -4.85. The fourth-order valence-electron chi connectivity index (χ4n) is 6.35. The Morgan fingerprint density at radius 1 is 0.600 bits per heavy atom. The van der Waals surface area contributed by atoms with Crippen molar-refractivity contribution in [2.75, 3.05) is 0 Å². The number of pyridine rings is 2. The van der Waals surface area contributed by atoms with E-state index in [1.54, 1.807) is 12.4 Å². The summed E-state index contributed by atoms with van der Waals surface area (Å²) in [6.45, 7) is 0. The molecule has 0 atom stereocenters. The number of aromatic nitrogens is 2. The van der Waals surface area contributed by atoms with Crippen LogP contribution in [0.25, 0.3) is 22.5 Å². The van der Waals surface area contributed by atoms with E-state index in [-0.39, 0.29) is 0 Å². The number of benzene rings is 4. The van der Waals surface area contributed by atoms with Gasteiger partial charge in [0.15, 0.2) is 0 Å². The molecule has 7 rings (SSSR count). The molecule has 4 aromatic carbocycles. The summed E-state index contributed by atoms with van der Waals surface area (Å²) >= 11 is 4.62. The van der Waals surface area contributed by atoms with Crippen molar-refractivity contribution in [2.24, 2.45) is 0 Å². The quantitative estimate of drug-likeness (QED) is 0.0956. The van der Waals surface area contributed by atoms with Crippen LogP contribution in [0.3, 0.4) is 0 Å². The minimum atomic E-state index is -3.45. The number of nitrogens with zero attached hydrogens (tertiary/aromatic N) is 3. The van der Waals surface area contributed by atoms with Crippen LogP contribution in [0.5, 0.6) is 0 Å². The van der Waals surface area contributed by atoms with Gasteiger partial charge in [0.1, 0.15) is 0 Å². The summed E-state index contributed by atoms with van der Waals surface area (Å²) < 4.78 is 4.58. The van der Waals surface area contributed by atoms with E-state index in [1.165, 1.54) is 21.5 Å². The fraction of sp³-hybridized carbons (Fsp3) is 0.0250. The predicted octanol–water partition coefficient (Wildman–Crippen LogP) is 7.58. The Balaban J connectivity index is 1.35. The fourth-order valence-corrected chi connectivity index (χ4v) is 15.0. The first kappa shape index (κ1) is 28.9. The molecule has 3 heterocycles. The van der Waals surface area contributed by atoms with Gasteiger partial charge in [-0.15, -0.1) is 0 Å². The maximum absolute atomic E-state index is 4.95. The maximum atomic E-state index is 4.95. The third-order valence-electron chi connectivity index (χ3n) is 8.63. The van der Waals surface area contributed by atoms with E-state index in [2.05, 4.69) is 153 Å². The predicted molar refractivity (Wildman–Crippen MR) is 198 cm³/mol. The Bertz CT molecular complexity index is 1940. The van der Waals surface area contributed by atoms with E-state index >= 15 is 0 Å². The van der Waals surface area contributed by atoms with Gasteiger partial charge in [0, 0.05) is 0 Å². The summed E-state index contributed by atoms with van der Waals surface area (Å²) in [5.74, 6) is 0. The molecular weight excluding hydrogens is 633 g/mol. The number of rotatable bonds is 8. The van der Waals surface area contributed by atoms with Gasteiger partial charge in [0.2, 0.25) is 0 Å². The van der Waals surface area contributed by atoms with Crippen LogP contribution in [0.1, 0.15) is 11.3 Å². The van der Waals surface area contributed by atoms with Gasteiger partial charge in [0.05, 0.1) is 0 Å². The number of halogens is 1. The molecule has 6 aromatic rings. The van der Waals surface area contributed by atoms with Gasteiger partial charge in [-0.05, 0) is 0 Å². The van der Waals surface area contributed by atoms with E-state index in [0.29, 0.717) is 0 Å². The summed E-state index contributed by atoms with van der Waals surface area (Å²) in [4.78, 5) is 9.53. The molecule has 0 bridgehead atoms. The summed E-state index contributed by atoms with van der Waals surface area (Å²) in [5.41, 5.74) is 6.77. The Labute approximate surface area is 272 Å². The van der Waals surface area contributed by atoms with Crippen LogP contribution in [0, 0.1) is 6.42 Å². The summed E-state index contributed by atoms with van der Waals surface area (Å²) in [5, 5.41) is 0.527. The molecule has 0 aliphatic carbocycles. The summed E-state index contributed by atoms with van der Waals surface area (Å²) in [6, 6.07) is 52.1. The standard InChI is InChI=1S/C40H32BrN3P/c41-45(34-14-4-1-5-15-34,35-16-6-2-7-17-35,36-18-8-3-9-19-36)30-31-22-24-32(25-23-31)33-28-39(37-20-10-12-26-42-37)44-40(29-33)38-21-11-13-27-43-38/h1-29,45H,30H2/q+1. The summed E-state index contributed by atoms with van der Waals surface area (Å²) in [6.07, 6.45) is 10.4. The van der Waals surface area contributed by atoms with Crippen LogP contribution in [0.4, 0.5) is 0 Å². The molecular formula is C40H32BrN3P+. The van der Waals surface area contributed by atoms with Crippen molar-refractivity contribution >= 4 is 48.6 Å². The molecule has 0 saturated carbocycles. The Morgan fingerprint density at radius 3 is 1.71 bits per heavy atom. The van der Waals surface area contributed by atoms with Crippen LogP contribution in [-0.4, -0.2) is 21.9 Å². The topological polar surface area (TPSA) is 39.9 Å². The van der Waals surface area contributed by atoms with Gasteiger partial charge in [-0.1, -0.05) is 0 Å². The van der Waals surface area contributed by atoms with Crippen molar-refractivity contribution in [3.63, 3.8) is 0 Å². The molecule has 5 heteroatoms. The first-order valence-electron chi connectivity index (χ1n) is 15.1. The third-order valence-corrected chi connectivity index (χ3v) is 19.3. The molecule has 2 aromatic heterocycles. The Kier molecular flexibility index (Phi) is 7.88. The van der Waals surface area contributed by atoms with Crippen molar-refractivity contribution in [3.05, 3.63) is 182 Å². The summed E-state index contributed by atoms with van der Waals surface area (Å²) in [7, 11) is 0. The van der Waals surface area contributed by atoms with Crippen LogP contribution in [0.15, 0.2) is 164 Å². The van der Waals surface area contributed by atoms with E-state index in [1.807, 2.05) is 36.8 Å². The second-order valence-electron chi connectivity index (χ2n) is 11.4. The first-order chi connectivity index (χ1) is 22.1. The van der Waals surface area contributed by atoms with E-state index in [9.17, 15) is 0 Å². The van der Waals surface area contributed by atoms with E-state index in [0.717, 1.165) is 40.1 Å². The van der Waals surface area contributed by atoms with Gasteiger partial charge in [-0.2, -0.15) is 0 Å². The zero-order valence-electron chi connectivity index (χ0n) is 24.7. The van der Waals surface area contributed by atoms with E-state index < -0.39 is 5.31 Å². The molecule has 1 aliphatic rings. The molecule has 218 valence electrons. The van der Waals surface area contributed by atoms with Gasteiger partial charge in [-0.25, -0.2) is 0 Å². The zero-order chi connectivity index (χ0) is 30.6. The van der Waals surface area contributed by atoms with Crippen LogP contribution >= 0.6 is 20.8 Å². The van der Waals surface area contributed by atoms with Crippen molar-refractivity contribution in [2.45, 2.75) is 6.16 Å². The number of hydrogen-bond donors (Lipinski definition) is 0. The number of allylic oxidation sites excluding steroid dienone is 2. The van der Waals surface area contributed by atoms with Crippen LogP contribution in [-0.2, 0) is 6.16 Å². The molecule has 0 fully saturated rings. The van der Waals surface area contributed by atoms with Gasteiger partial charge in [0.25, 0.3) is 0 Å². The van der Waals surface area contributed by atoms with E-state index in [4.69, 9.17) is 4.98 Å². The third kappa shape index (κ3) is 5.50. The second-order valence-corrected chi connectivity index (χ2v) is 21.3. The molecule has 3 nitrogen and oxygen atoms in total. The SMILES string of the molecule is Br[PH-](Cc1ccc(-c2cc(C3=[N+]=C[CH+]C=C3)nc(-c3ccccn3)c2)cc1)(c1ccccc1)(c1ccccc1)c1ccccc1.